The fourth-order valence-corrected chi connectivity index (χ4v) is 3.91. The predicted molar refractivity (Wildman–Crippen MR) is 94.4 cm³/mol. The van der Waals surface area contributed by atoms with Gasteiger partial charge in [-0.3, -0.25) is 9.48 Å². The number of carbonyl (C=O) groups excluding carboxylic acids is 1. The molecule has 124 valence electrons. The second-order valence-electron chi connectivity index (χ2n) is 5.86. The molecule has 3 aromatic heterocycles. The summed E-state index contributed by atoms with van der Waals surface area (Å²) in [6.07, 6.45) is 6.84. The van der Waals surface area contributed by atoms with Gasteiger partial charge in [0.1, 0.15) is 23.0 Å². The molecule has 1 unspecified atom stereocenters. The average molecular weight is 342 g/mol. The maximum Gasteiger partial charge on any atom is 0.249 e. The lowest BCUT2D eigenvalue weighted by Crippen LogP contribution is -2.33. The van der Waals surface area contributed by atoms with Crippen LogP contribution in [0.1, 0.15) is 18.2 Å². The molecule has 0 bridgehead atoms. The second kappa shape index (κ2) is 5.86. The molecule has 0 aromatic carbocycles. The highest BCUT2D eigenvalue weighted by Gasteiger charge is 2.33. The van der Waals surface area contributed by atoms with E-state index in [0.29, 0.717) is 6.54 Å². The first-order valence-corrected chi connectivity index (χ1v) is 8.77. The summed E-state index contributed by atoms with van der Waals surface area (Å²) < 4.78 is 1.70. The van der Waals surface area contributed by atoms with Gasteiger partial charge in [-0.15, -0.1) is 11.3 Å². The monoisotopic (exact) mass is 342 g/mol. The third-order valence-corrected chi connectivity index (χ3v) is 5.44. The summed E-state index contributed by atoms with van der Waals surface area (Å²) in [5, 5.41) is 8.45. The van der Waals surface area contributed by atoms with E-state index in [1.165, 1.54) is 4.88 Å². The van der Waals surface area contributed by atoms with Crippen molar-refractivity contribution in [1.82, 2.24) is 19.7 Å². The first-order valence-electron chi connectivity index (χ1n) is 7.95. The van der Waals surface area contributed by atoms with Crippen LogP contribution < -0.4 is 10.2 Å². The molecule has 3 aromatic rings. The third-order valence-electron chi connectivity index (χ3n) is 4.25. The highest BCUT2D eigenvalue weighted by Crippen LogP contribution is 2.30. The maximum absolute atomic E-state index is 12.7. The number of thiophene rings is 1. The lowest BCUT2D eigenvalue weighted by Gasteiger charge is -2.15. The summed E-state index contributed by atoms with van der Waals surface area (Å²) in [5.41, 5.74) is 0.837. The molecule has 0 aliphatic carbocycles. The summed E-state index contributed by atoms with van der Waals surface area (Å²) in [4.78, 5) is 25.4. The minimum Gasteiger partial charge on any atom is -0.358 e. The van der Waals surface area contributed by atoms with Gasteiger partial charge < -0.3 is 10.2 Å². The number of amides is 1. The van der Waals surface area contributed by atoms with E-state index in [0.717, 1.165) is 34.6 Å². The molecule has 24 heavy (non-hydrogen) atoms. The molecular formula is C16H18N6OS. The number of anilines is 2. The van der Waals surface area contributed by atoms with Crippen LogP contribution >= 0.6 is 11.3 Å². The molecule has 1 aliphatic heterocycles. The SMILES string of the molecule is CCc1cc2c(NC3CCN(c4cnn(C)c4)C3=O)ncnc2s1. The van der Waals surface area contributed by atoms with Gasteiger partial charge in [-0.05, 0) is 18.9 Å². The Kier molecular flexibility index (Phi) is 3.68. The van der Waals surface area contributed by atoms with Crippen LogP contribution in [0, 0.1) is 0 Å². The van der Waals surface area contributed by atoms with E-state index < -0.39 is 0 Å². The first kappa shape index (κ1) is 15.1. The van der Waals surface area contributed by atoms with E-state index in [1.807, 2.05) is 13.2 Å². The Morgan fingerprint density at radius 1 is 1.42 bits per heavy atom. The van der Waals surface area contributed by atoms with Crippen molar-refractivity contribution in [3.8, 4) is 0 Å². The third kappa shape index (κ3) is 2.52. The number of nitrogens with one attached hydrogen (secondary N) is 1. The number of fused-ring (bicyclic) bond motifs is 1. The standard InChI is InChI=1S/C16H18N6OS/c1-3-11-6-12-14(17-9-18-15(12)24-11)20-13-4-5-22(16(13)23)10-7-19-21(2)8-10/h6-9,13H,3-5H2,1-2H3,(H,17,18,20). The van der Waals surface area contributed by atoms with E-state index in [9.17, 15) is 4.79 Å². The van der Waals surface area contributed by atoms with Gasteiger partial charge in [0.25, 0.3) is 0 Å². The molecular weight excluding hydrogens is 324 g/mol. The summed E-state index contributed by atoms with van der Waals surface area (Å²) in [6, 6.07) is 1.84. The Morgan fingerprint density at radius 3 is 3.04 bits per heavy atom. The smallest absolute Gasteiger partial charge is 0.249 e. The van der Waals surface area contributed by atoms with Crippen molar-refractivity contribution in [3.63, 3.8) is 0 Å². The maximum atomic E-state index is 12.7. The van der Waals surface area contributed by atoms with Crippen LogP contribution in [-0.2, 0) is 18.3 Å². The van der Waals surface area contributed by atoms with Crippen molar-refractivity contribution >= 4 is 39.0 Å². The van der Waals surface area contributed by atoms with Gasteiger partial charge in [0.05, 0.1) is 17.3 Å². The van der Waals surface area contributed by atoms with Crippen LogP contribution in [-0.4, -0.2) is 38.2 Å². The zero-order valence-corrected chi connectivity index (χ0v) is 14.4. The lowest BCUT2D eigenvalue weighted by molar-refractivity contribution is -0.117. The predicted octanol–water partition coefficient (Wildman–Crippen LogP) is 2.20. The van der Waals surface area contributed by atoms with E-state index in [1.54, 1.807) is 33.4 Å². The van der Waals surface area contributed by atoms with Gasteiger partial charge >= 0.3 is 0 Å². The van der Waals surface area contributed by atoms with Crippen molar-refractivity contribution in [3.05, 3.63) is 29.7 Å². The number of hydrogen-bond acceptors (Lipinski definition) is 6. The molecule has 8 heteroatoms. The zero-order chi connectivity index (χ0) is 16.7. The van der Waals surface area contributed by atoms with Crippen LogP contribution in [0.5, 0.6) is 0 Å². The summed E-state index contributed by atoms with van der Waals surface area (Å²) in [7, 11) is 1.85. The molecule has 1 aliphatic rings. The van der Waals surface area contributed by atoms with Gasteiger partial charge in [-0.25, -0.2) is 9.97 Å². The van der Waals surface area contributed by atoms with Crippen LogP contribution in [0.25, 0.3) is 10.2 Å². The van der Waals surface area contributed by atoms with E-state index in [-0.39, 0.29) is 11.9 Å². The molecule has 1 N–H and O–H groups in total. The van der Waals surface area contributed by atoms with E-state index in [4.69, 9.17) is 0 Å². The van der Waals surface area contributed by atoms with Gasteiger partial charge in [-0.1, -0.05) is 6.92 Å². The largest absolute Gasteiger partial charge is 0.358 e. The number of aromatic nitrogens is 4. The van der Waals surface area contributed by atoms with Crippen LogP contribution in [0.2, 0.25) is 0 Å². The van der Waals surface area contributed by atoms with E-state index in [2.05, 4.69) is 33.4 Å². The number of hydrogen-bond donors (Lipinski definition) is 1. The molecule has 1 fully saturated rings. The number of aryl methyl sites for hydroxylation is 2. The molecule has 0 radical (unpaired) electrons. The van der Waals surface area contributed by atoms with Crippen molar-refractivity contribution in [2.45, 2.75) is 25.8 Å². The Bertz CT molecular complexity index is 901. The quantitative estimate of drug-likeness (QED) is 0.787. The normalized spacial score (nSPS) is 17.8. The fourth-order valence-electron chi connectivity index (χ4n) is 2.98. The van der Waals surface area contributed by atoms with Crippen LogP contribution in [0.4, 0.5) is 11.5 Å². The Balaban J connectivity index is 1.58. The first-order chi connectivity index (χ1) is 11.7. The molecule has 0 spiro atoms. The van der Waals surface area contributed by atoms with Crippen molar-refractivity contribution in [2.75, 3.05) is 16.8 Å². The summed E-state index contributed by atoms with van der Waals surface area (Å²) >= 11 is 1.67. The van der Waals surface area contributed by atoms with Crippen molar-refractivity contribution in [2.24, 2.45) is 7.05 Å². The Morgan fingerprint density at radius 2 is 2.29 bits per heavy atom. The van der Waals surface area contributed by atoms with Crippen LogP contribution in [0.15, 0.2) is 24.8 Å². The minimum atomic E-state index is -0.270. The van der Waals surface area contributed by atoms with Crippen LogP contribution in [0.3, 0.4) is 0 Å². The average Bonchev–Trinajstić information content (AvgIpc) is 3.27. The molecule has 0 saturated carbocycles. The molecule has 4 heterocycles. The molecule has 4 rings (SSSR count). The number of rotatable bonds is 4. The van der Waals surface area contributed by atoms with Crippen molar-refractivity contribution < 1.29 is 4.79 Å². The molecule has 7 nitrogen and oxygen atoms in total. The number of carbonyl (C=O) groups is 1. The topological polar surface area (TPSA) is 75.9 Å². The highest BCUT2D eigenvalue weighted by atomic mass is 32.1. The second-order valence-corrected chi connectivity index (χ2v) is 6.97. The zero-order valence-electron chi connectivity index (χ0n) is 13.6. The van der Waals surface area contributed by atoms with Gasteiger partial charge in [0.2, 0.25) is 5.91 Å². The number of nitrogens with zero attached hydrogens (tertiary/aromatic N) is 5. The molecule has 1 atom stereocenters. The molecule has 1 amide bonds. The Hall–Kier alpha value is -2.48. The minimum absolute atomic E-state index is 0.0562. The van der Waals surface area contributed by atoms with Gasteiger partial charge in [-0.2, -0.15) is 5.10 Å². The lowest BCUT2D eigenvalue weighted by atomic mass is 10.2. The van der Waals surface area contributed by atoms with Gasteiger partial charge in [0, 0.05) is 24.7 Å². The summed E-state index contributed by atoms with van der Waals surface area (Å²) in [5.74, 6) is 0.794. The highest BCUT2D eigenvalue weighted by molar-refractivity contribution is 7.18. The Labute approximate surface area is 143 Å². The van der Waals surface area contributed by atoms with E-state index >= 15 is 0 Å². The summed E-state index contributed by atoms with van der Waals surface area (Å²) in [6.45, 7) is 2.80. The van der Waals surface area contributed by atoms with Gasteiger partial charge in [0.15, 0.2) is 0 Å². The fraction of sp³-hybridized carbons (Fsp3) is 0.375. The molecule has 1 saturated heterocycles. The van der Waals surface area contributed by atoms with Crippen molar-refractivity contribution in [1.29, 1.82) is 0 Å².